The molecule has 2 aromatic carbocycles. The van der Waals surface area contributed by atoms with Crippen LogP contribution >= 0.6 is 0 Å². The standard InChI is InChI=1S/C21H25N3O3/c1-15-7-3-4-8-17(15)20(25)22-16-11-13-24(14-12-16)21(26)23-18-9-5-6-10-19(18)27-2/h3-10,16H,11-14H2,1-2H3,(H,22,25)(H,23,26). The van der Waals surface area contributed by atoms with Crippen molar-refractivity contribution < 1.29 is 14.3 Å². The normalized spacial score (nSPS) is 14.5. The molecule has 0 radical (unpaired) electrons. The molecule has 0 spiro atoms. The van der Waals surface area contributed by atoms with Crippen molar-refractivity contribution in [2.75, 3.05) is 25.5 Å². The van der Waals surface area contributed by atoms with Crippen LogP contribution in [0.3, 0.4) is 0 Å². The Morgan fingerprint density at radius 3 is 2.41 bits per heavy atom. The van der Waals surface area contributed by atoms with Gasteiger partial charge >= 0.3 is 6.03 Å². The summed E-state index contributed by atoms with van der Waals surface area (Å²) in [5.41, 5.74) is 2.32. The zero-order chi connectivity index (χ0) is 19.2. The summed E-state index contributed by atoms with van der Waals surface area (Å²) < 4.78 is 5.27. The zero-order valence-corrected chi connectivity index (χ0v) is 15.7. The maximum Gasteiger partial charge on any atom is 0.321 e. The number of hydrogen-bond acceptors (Lipinski definition) is 3. The van der Waals surface area contributed by atoms with Gasteiger partial charge in [-0.05, 0) is 43.5 Å². The summed E-state index contributed by atoms with van der Waals surface area (Å²) in [6.45, 7) is 3.12. The number of urea groups is 1. The second-order valence-electron chi connectivity index (χ2n) is 6.68. The maximum absolute atomic E-state index is 12.5. The second kappa shape index (κ2) is 8.58. The van der Waals surface area contributed by atoms with Crippen LogP contribution in [0.1, 0.15) is 28.8 Å². The van der Waals surface area contributed by atoms with Gasteiger partial charge in [-0.2, -0.15) is 0 Å². The first-order valence-corrected chi connectivity index (χ1v) is 9.14. The van der Waals surface area contributed by atoms with Crippen molar-refractivity contribution in [2.24, 2.45) is 0 Å². The van der Waals surface area contributed by atoms with Gasteiger partial charge in [-0.25, -0.2) is 4.79 Å². The highest BCUT2D eigenvalue weighted by atomic mass is 16.5. The number of amides is 3. The van der Waals surface area contributed by atoms with Crippen LogP contribution in [0.15, 0.2) is 48.5 Å². The fourth-order valence-electron chi connectivity index (χ4n) is 3.26. The van der Waals surface area contributed by atoms with Crippen LogP contribution in [-0.2, 0) is 0 Å². The number of piperidine rings is 1. The summed E-state index contributed by atoms with van der Waals surface area (Å²) in [5, 5.41) is 5.98. The number of hydrogen-bond donors (Lipinski definition) is 2. The summed E-state index contributed by atoms with van der Waals surface area (Å²) in [7, 11) is 1.58. The Morgan fingerprint density at radius 1 is 1.04 bits per heavy atom. The predicted octanol–water partition coefficient (Wildman–Crippen LogP) is 3.43. The van der Waals surface area contributed by atoms with Crippen LogP contribution in [0.2, 0.25) is 0 Å². The van der Waals surface area contributed by atoms with E-state index >= 15 is 0 Å². The number of para-hydroxylation sites is 2. The lowest BCUT2D eigenvalue weighted by molar-refractivity contribution is 0.0918. The first-order chi connectivity index (χ1) is 13.1. The van der Waals surface area contributed by atoms with Crippen molar-refractivity contribution in [3.05, 3.63) is 59.7 Å². The molecule has 0 saturated carbocycles. The van der Waals surface area contributed by atoms with Gasteiger partial charge in [-0.3, -0.25) is 4.79 Å². The minimum absolute atomic E-state index is 0.0509. The second-order valence-corrected chi connectivity index (χ2v) is 6.68. The van der Waals surface area contributed by atoms with Crippen molar-refractivity contribution in [3.8, 4) is 5.75 Å². The molecule has 27 heavy (non-hydrogen) atoms. The zero-order valence-electron chi connectivity index (χ0n) is 15.7. The quantitative estimate of drug-likeness (QED) is 0.870. The van der Waals surface area contributed by atoms with E-state index in [1.54, 1.807) is 12.0 Å². The van der Waals surface area contributed by atoms with E-state index in [1.807, 2.05) is 55.5 Å². The highest BCUT2D eigenvalue weighted by Crippen LogP contribution is 2.24. The van der Waals surface area contributed by atoms with Gasteiger partial charge in [0.25, 0.3) is 5.91 Å². The molecule has 0 unspecified atom stereocenters. The SMILES string of the molecule is COc1ccccc1NC(=O)N1CCC(NC(=O)c2ccccc2C)CC1. The average Bonchev–Trinajstić information content (AvgIpc) is 2.69. The van der Waals surface area contributed by atoms with Crippen molar-refractivity contribution in [3.63, 3.8) is 0 Å². The maximum atomic E-state index is 12.5. The van der Waals surface area contributed by atoms with Crippen molar-refractivity contribution in [2.45, 2.75) is 25.8 Å². The lowest BCUT2D eigenvalue weighted by Crippen LogP contribution is -2.47. The molecular formula is C21H25N3O3. The number of methoxy groups -OCH3 is 1. The number of benzene rings is 2. The Labute approximate surface area is 159 Å². The van der Waals surface area contributed by atoms with Crippen LogP contribution in [-0.4, -0.2) is 43.1 Å². The molecule has 2 N–H and O–H groups in total. The van der Waals surface area contributed by atoms with Gasteiger partial charge in [0.1, 0.15) is 5.75 Å². The molecule has 3 amide bonds. The Kier molecular flexibility index (Phi) is 5.96. The number of rotatable bonds is 4. The van der Waals surface area contributed by atoms with E-state index in [1.165, 1.54) is 0 Å². The van der Waals surface area contributed by atoms with E-state index in [2.05, 4.69) is 10.6 Å². The smallest absolute Gasteiger partial charge is 0.321 e. The molecule has 0 bridgehead atoms. The van der Waals surface area contributed by atoms with Gasteiger partial charge in [0.2, 0.25) is 0 Å². The molecule has 1 saturated heterocycles. The molecule has 1 heterocycles. The summed E-state index contributed by atoms with van der Waals surface area (Å²) in [4.78, 5) is 26.7. The fraction of sp³-hybridized carbons (Fsp3) is 0.333. The molecule has 0 aromatic heterocycles. The third-order valence-corrected chi connectivity index (χ3v) is 4.86. The van der Waals surface area contributed by atoms with Crippen LogP contribution in [0, 0.1) is 6.92 Å². The number of nitrogens with zero attached hydrogens (tertiary/aromatic N) is 1. The fourth-order valence-corrected chi connectivity index (χ4v) is 3.26. The third kappa shape index (κ3) is 4.58. The summed E-state index contributed by atoms with van der Waals surface area (Å²) >= 11 is 0. The molecule has 1 fully saturated rings. The number of ether oxygens (including phenoxy) is 1. The Balaban J connectivity index is 1.52. The molecule has 1 aliphatic heterocycles. The van der Waals surface area contributed by atoms with Crippen molar-refractivity contribution >= 4 is 17.6 Å². The van der Waals surface area contributed by atoms with Gasteiger partial charge < -0.3 is 20.3 Å². The van der Waals surface area contributed by atoms with Crippen LogP contribution in [0.4, 0.5) is 10.5 Å². The summed E-state index contributed by atoms with van der Waals surface area (Å²) in [5.74, 6) is 0.580. The number of aryl methyl sites for hydroxylation is 1. The van der Waals surface area contributed by atoms with E-state index in [-0.39, 0.29) is 18.0 Å². The molecule has 1 aliphatic rings. The van der Waals surface area contributed by atoms with Crippen molar-refractivity contribution in [1.82, 2.24) is 10.2 Å². The largest absolute Gasteiger partial charge is 0.495 e. The summed E-state index contributed by atoms with van der Waals surface area (Å²) in [6.07, 6.45) is 1.47. The minimum Gasteiger partial charge on any atom is -0.495 e. The highest BCUT2D eigenvalue weighted by Gasteiger charge is 2.25. The first kappa shape index (κ1) is 18.8. The van der Waals surface area contributed by atoms with Crippen LogP contribution < -0.4 is 15.4 Å². The Hall–Kier alpha value is -3.02. The third-order valence-electron chi connectivity index (χ3n) is 4.86. The van der Waals surface area contributed by atoms with Gasteiger partial charge in [-0.1, -0.05) is 30.3 Å². The molecule has 0 aliphatic carbocycles. The summed E-state index contributed by atoms with van der Waals surface area (Å²) in [6, 6.07) is 14.8. The van der Waals surface area contributed by atoms with E-state index < -0.39 is 0 Å². The molecule has 0 atom stereocenters. The predicted molar refractivity (Wildman–Crippen MR) is 105 cm³/mol. The van der Waals surface area contributed by atoms with E-state index in [0.717, 1.165) is 18.4 Å². The number of carbonyl (C=O) groups excluding carboxylic acids is 2. The molecule has 6 nitrogen and oxygen atoms in total. The lowest BCUT2D eigenvalue weighted by atomic mass is 10.0. The molecule has 3 rings (SSSR count). The molecular weight excluding hydrogens is 342 g/mol. The van der Waals surface area contributed by atoms with Gasteiger partial charge in [0, 0.05) is 24.7 Å². The number of likely N-dealkylation sites (tertiary alicyclic amines) is 1. The van der Waals surface area contributed by atoms with Gasteiger partial charge in [0.15, 0.2) is 0 Å². The lowest BCUT2D eigenvalue weighted by Gasteiger charge is -2.32. The number of carbonyl (C=O) groups is 2. The van der Waals surface area contributed by atoms with Gasteiger partial charge in [0.05, 0.1) is 12.8 Å². The number of nitrogens with one attached hydrogen (secondary N) is 2. The van der Waals surface area contributed by atoms with Crippen molar-refractivity contribution in [1.29, 1.82) is 0 Å². The molecule has 142 valence electrons. The molecule has 2 aromatic rings. The Morgan fingerprint density at radius 2 is 1.70 bits per heavy atom. The van der Waals surface area contributed by atoms with E-state index in [4.69, 9.17) is 4.74 Å². The topological polar surface area (TPSA) is 70.7 Å². The monoisotopic (exact) mass is 367 g/mol. The van der Waals surface area contributed by atoms with Crippen LogP contribution in [0.5, 0.6) is 5.75 Å². The molecule has 6 heteroatoms. The minimum atomic E-state index is -0.150. The Bertz CT molecular complexity index is 814. The van der Waals surface area contributed by atoms with E-state index in [9.17, 15) is 9.59 Å². The highest BCUT2D eigenvalue weighted by molar-refractivity contribution is 5.95. The van der Waals surface area contributed by atoms with Gasteiger partial charge in [-0.15, -0.1) is 0 Å². The first-order valence-electron chi connectivity index (χ1n) is 9.14. The average molecular weight is 367 g/mol. The van der Waals surface area contributed by atoms with E-state index in [0.29, 0.717) is 30.1 Å². The number of anilines is 1. The van der Waals surface area contributed by atoms with Crippen LogP contribution in [0.25, 0.3) is 0 Å².